The Morgan fingerprint density at radius 3 is 2.77 bits per heavy atom. The Hall–Kier alpha value is -2.14. The van der Waals surface area contributed by atoms with E-state index in [4.69, 9.17) is 0 Å². The van der Waals surface area contributed by atoms with Gasteiger partial charge in [0.15, 0.2) is 0 Å². The lowest BCUT2D eigenvalue weighted by Crippen LogP contribution is -2.31. The first-order valence-corrected chi connectivity index (χ1v) is 9.82. The molecule has 1 aromatic carbocycles. The predicted octanol–water partition coefficient (Wildman–Crippen LogP) is 3.84. The smallest absolute Gasteiger partial charge is 0.134 e. The highest BCUT2D eigenvalue weighted by atomic mass is 16.3. The van der Waals surface area contributed by atoms with Crippen LogP contribution in [-0.2, 0) is 13.0 Å². The maximum absolute atomic E-state index is 9.79. The van der Waals surface area contributed by atoms with Crippen LogP contribution in [0.25, 0.3) is 0 Å². The van der Waals surface area contributed by atoms with E-state index in [2.05, 4.69) is 38.4 Å². The van der Waals surface area contributed by atoms with E-state index in [0.29, 0.717) is 6.04 Å². The van der Waals surface area contributed by atoms with Crippen molar-refractivity contribution in [2.75, 3.05) is 16.8 Å². The van der Waals surface area contributed by atoms with Crippen LogP contribution in [0.1, 0.15) is 61.8 Å². The number of rotatable bonds is 4. The second kappa shape index (κ2) is 7.62. The quantitative estimate of drug-likeness (QED) is 0.875. The monoisotopic (exact) mass is 352 g/mol. The fraction of sp³-hybridized carbons (Fsp3) is 0.524. The zero-order valence-electron chi connectivity index (χ0n) is 15.5. The van der Waals surface area contributed by atoms with Gasteiger partial charge < -0.3 is 15.3 Å². The molecule has 1 saturated carbocycles. The van der Waals surface area contributed by atoms with Crippen LogP contribution < -0.4 is 10.2 Å². The van der Waals surface area contributed by atoms with Crippen LogP contribution in [0.2, 0.25) is 0 Å². The zero-order chi connectivity index (χ0) is 17.9. The van der Waals surface area contributed by atoms with E-state index < -0.39 is 6.10 Å². The Morgan fingerprint density at radius 1 is 1.12 bits per heavy atom. The third kappa shape index (κ3) is 3.83. The number of hydrogen-bond donors (Lipinski definition) is 2. The number of aliphatic hydroxyl groups excluding tert-OH is 1. The highest BCUT2D eigenvalue weighted by Gasteiger charge is 2.20. The summed E-state index contributed by atoms with van der Waals surface area (Å²) in [5.74, 6) is 1.93. The third-order valence-electron chi connectivity index (χ3n) is 5.66. The number of benzene rings is 1. The summed E-state index contributed by atoms with van der Waals surface area (Å²) in [7, 11) is 0. The maximum atomic E-state index is 9.79. The number of aliphatic hydroxyl groups is 1. The highest BCUT2D eigenvalue weighted by Crippen LogP contribution is 2.27. The SMILES string of the molecule is C[C@H](O)c1ccc2c(c1)CCN(c1cc(NC3CCCCC3)ncn1)C2. The summed E-state index contributed by atoms with van der Waals surface area (Å²) >= 11 is 0. The molecule has 0 amide bonds. The summed E-state index contributed by atoms with van der Waals surface area (Å²) in [6, 6.07) is 8.96. The van der Waals surface area contributed by atoms with Gasteiger partial charge in [-0.1, -0.05) is 37.5 Å². The van der Waals surface area contributed by atoms with Crippen molar-refractivity contribution in [1.29, 1.82) is 0 Å². The summed E-state index contributed by atoms with van der Waals surface area (Å²) in [6.45, 7) is 3.62. The van der Waals surface area contributed by atoms with Crippen molar-refractivity contribution in [2.45, 2.75) is 64.1 Å². The maximum Gasteiger partial charge on any atom is 0.134 e. The molecule has 5 nitrogen and oxygen atoms in total. The standard InChI is InChI=1S/C21H28N4O/c1-15(26)16-7-8-18-13-25(10-9-17(18)11-16)21-12-20(22-14-23-21)24-19-5-3-2-4-6-19/h7-8,11-12,14-15,19,26H,2-6,9-10,13H2,1H3,(H,22,23,24)/t15-/m0/s1. The van der Waals surface area contributed by atoms with Crippen molar-refractivity contribution >= 4 is 11.6 Å². The van der Waals surface area contributed by atoms with Crippen LogP contribution in [0.3, 0.4) is 0 Å². The first-order chi connectivity index (χ1) is 12.7. The van der Waals surface area contributed by atoms with E-state index in [9.17, 15) is 5.11 Å². The molecule has 0 saturated heterocycles. The average molecular weight is 352 g/mol. The minimum Gasteiger partial charge on any atom is -0.389 e. The topological polar surface area (TPSA) is 61.3 Å². The molecule has 1 aliphatic carbocycles. The van der Waals surface area contributed by atoms with Gasteiger partial charge in [0, 0.05) is 25.2 Å². The summed E-state index contributed by atoms with van der Waals surface area (Å²) in [4.78, 5) is 11.3. The number of nitrogens with one attached hydrogen (secondary N) is 1. The van der Waals surface area contributed by atoms with Gasteiger partial charge in [-0.3, -0.25) is 0 Å². The molecule has 26 heavy (non-hydrogen) atoms. The Bertz CT molecular complexity index is 755. The summed E-state index contributed by atoms with van der Waals surface area (Å²) < 4.78 is 0. The molecule has 2 heterocycles. The van der Waals surface area contributed by atoms with E-state index in [1.165, 1.54) is 43.2 Å². The lowest BCUT2D eigenvalue weighted by Gasteiger charge is -2.30. The molecule has 2 aliphatic rings. The molecule has 2 N–H and O–H groups in total. The van der Waals surface area contributed by atoms with E-state index in [-0.39, 0.29) is 0 Å². The second-order valence-electron chi connectivity index (χ2n) is 7.62. The normalized spacial score (nSPS) is 19.1. The van der Waals surface area contributed by atoms with E-state index in [1.807, 2.05) is 13.0 Å². The first-order valence-electron chi connectivity index (χ1n) is 9.82. The molecular weight excluding hydrogens is 324 g/mol. The fourth-order valence-electron chi connectivity index (χ4n) is 4.08. The molecule has 0 spiro atoms. The Balaban J connectivity index is 1.47. The van der Waals surface area contributed by atoms with Gasteiger partial charge in [0.1, 0.15) is 18.0 Å². The molecule has 5 heteroatoms. The molecule has 1 fully saturated rings. The van der Waals surface area contributed by atoms with Gasteiger partial charge in [-0.25, -0.2) is 9.97 Å². The summed E-state index contributed by atoms with van der Waals surface area (Å²) in [5.41, 5.74) is 3.66. The van der Waals surface area contributed by atoms with Gasteiger partial charge >= 0.3 is 0 Å². The lowest BCUT2D eigenvalue weighted by atomic mass is 9.95. The molecule has 4 rings (SSSR count). The molecule has 0 unspecified atom stereocenters. The zero-order valence-corrected chi connectivity index (χ0v) is 15.5. The summed E-state index contributed by atoms with van der Waals surface area (Å²) in [6.07, 6.45) is 8.70. The largest absolute Gasteiger partial charge is 0.389 e. The van der Waals surface area contributed by atoms with Crippen LogP contribution in [0.4, 0.5) is 11.6 Å². The van der Waals surface area contributed by atoms with Crippen molar-refractivity contribution in [1.82, 2.24) is 9.97 Å². The molecule has 0 bridgehead atoms. The van der Waals surface area contributed by atoms with Gasteiger partial charge in [-0.05, 0) is 42.9 Å². The summed E-state index contributed by atoms with van der Waals surface area (Å²) in [5, 5.41) is 13.4. The molecule has 1 atom stereocenters. The number of anilines is 2. The minimum atomic E-state index is -0.409. The van der Waals surface area contributed by atoms with E-state index >= 15 is 0 Å². The Morgan fingerprint density at radius 2 is 1.96 bits per heavy atom. The number of aromatic nitrogens is 2. The molecule has 2 aromatic rings. The van der Waals surface area contributed by atoms with Crippen molar-refractivity contribution in [3.8, 4) is 0 Å². The van der Waals surface area contributed by atoms with Crippen molar-refractivity contribution in [3.63, 3.8) is 0 Å². The van der Waals surface area contributed by atoms with Crippen molar-refractivity contribution < 1.29 is 5.11 Å². The number of hydrogen-bond acceptors (Lipinski definition) is 5. The van der Waals surface area contributed by atoms with Gasteiger partial charge in [-0.2, -0.15) is 0 Å². The molecule has 1 aliphatic heterocycles. The van der Waals surface area contributed by atoms with E-state index in [1.54, 1.807) is 6.33 Å². The number of fused-ring (bicyclic) bond motifs is 1. The van der Waals surface area contributed by atoms with Crippen LogP contribution in [-0.4, -0.2) is 27.7 Å². The Labute approximate surface area is 155 Å². The average Bonchev–Trinajstić information content (AvgIpc) is 2.68. The van der Waals surface area contributed by atoms with Crippen molar-refractivity contribution in [3.05, 3.63) is 47.3 Å². The van der Waals surface area contributed by atoms with Gasteiger partial charge in [-0.15, -0.1) is 0 Å². The first kappa shape index (κ1) is 17.3. The highest BCUT2D eigenvalue weighted by molar-refractivity contribution is 5.51. The number of nitrogens with zero attached hydrogens (tertiary/aromatic N) is 3. The minimum absolute atomic E-state index is 0.409. The van der Waals surface area contributed by atoms with Crippen LogP contribution in [0.5, 0.6) is 0 Å². The van der Waals surface area contributed by atoms with Crippen LogP contribution in [0, 0.1) is 0 Å². The van der Waals surface area contributed by atoms with Crippen LogP contribution in [0.15, 0.2) is 30.6 Å². The van der Waals surface area contributed by atoms with Gasteiger partial charge in [0.05, 0.1) is 6.10 Å². The third-order valence-corrected chi connectivity index (χ3v) is 5.66. The molecular formula is C21H28N4O. The second-order valence-corrected chi connectivity index (χ2v) is 7.62. The Kier molecular flexibility index (Phi) is 5.07. The van der Waals surface area contributed by atoms with Gasteiger partial charge in [0.2, 0.25) is 0 Å². The predicted molar refractivity (Wildman–Crippen MR) is 104 cm³/mol. The van der Waals surface area contributed by atoms with Crippen LogP contribution >= 0.6 is 0 Å². The fourth-order valence-corrected chi connectivity index (χ4v) is 4.08. The molecule has 0 radical (unpaired) electrons. The lowest BCUT2D eigenvalue weighted by molar-refractivity contribution is 0.199. The molecule has 138 valence electrons. The van der Waals surface area contributed by atoms with Gasteiger partial charge in [0.25, 0.3) is 0 Å². The van der Waals surface area contributed by atoms with E-state index in [0.717, 1.165) is 36.7 Å². The molecule has 1 aromatic heterocycles. The van der Waals surface area contributed by atoms with Crippen molar-refractivity contribution in [2.24, 2.45) is 0 Å².